The number of methoxy groups -OCH3 is 2. The van der Waals surface area contributed by atoms with E-state index in [0.717, 1.165) is 10.0 Å². The Morgan fingerprint density at radius 1 is 1.03 bits per heavy atom. The largest absolute Gasteiger partial charge is 0.493 e. The van der Waals surface area contributed by atoms with Crippen LogP contribution < -0.4 is 19.6 Å². The molecule has 3 aromatic carbocycles. The summed E-state index contributed by atoms with van der Waals surface area (Å²) in [5, 5.41) is 4.01. The van der Waals surface area contributed by atoms with Gasteiger partial charge in [-0.3, -0.25) is 4.79 Å². The summed E-state index contributed by atoms with van der Waals surface area (Å²) in [5.41, 5.74) is 4.72. The highest BCUT2D eigenvalue weighted by atomic mass is 79.9. The number of carbonyl (C=O) groups excluding carboxylic acids is 1. The van der Waals surface area contributed by atoms with E-state index in [4.69, 9.17) is 14.2 Å². The predicted octanol–water partition coefficient (Wildman–Crippen LogP) is 4.81. The van der Waals surface area contributed by atoms with Gasteiger partial charge in [0.1, 0.15) is 12.4 Å². The van der Waals surface area contributed by atoms with E-state index in [1.54, 1.807) is 44.6 Å². The fourth-order valence-corrected chi connectivity index (χ4v) is 3.18. The third kappa shape index (κ3) is 5.61. The zero-order chi connectivity index (χ0) is 21.3. The number of rotatable bonds is 8. The molecule has 0 aliphatic carbocycles. The molecule has 0 saturated carbocycles. The van der Waals surface area contributed by atoms with Gasteiger partial charge in [-0.1, -0.05) is 34.1 Å². The lowest BCUT2D eigenvalue weighted by molar-refractivity contribution is 0.0955. The first-order valence-corrected chi connectivity index (χ1v) is 9.91. The SMILES string of the molecule is COc1cccc(/C=N\NC(=O)c2ccc(OCc3cccc(Br)c3)cc2)c1OC. The van der Waals surface area contributed by atoms with Gasteiger partial charge in [-0.15, -0.1) is 0 Å². The maximum Gasteiger partial charge on any atom is 0.271 e. The fourth-order valence-electron chi connectivity index (χ4n) is 2.73. The van der Waals surface area contributed by atoms with Crippen molar-refractivity contribution < 1.29 is 19.0 Å². The van der Waals surface area contributed by atoms with Crippen LogP contribution in [0.15, 0.2) is 76.3 Å². The minimum Gasteiger partial charge on any atom is -0.493 e. The fraction of sp³-hybridized carbons (Fsp3) is 0.130. The van der Waals surface area contributed by atoms with E-state index in [9.17, 15) is 4.79 Å². The number of benzene rings is 3. The maximum atomic E-state index is 12.3. The number of hydrazone groups is 1. The molecule has 0 atom stereocenters. The highest BCUT2D eigenvalue weighted by Crippen LogP contribution is 2.29. The van der Waals surface area contributed by atoms with Crippen molar-refractivity contribution >= 4 is 28.1 Å². The Hall–Kier alpha value is -3.32. The van der Waals surface area contributed by atoms with Gasteiger partial charge in [-0.2, -0.15) is 5.10 Å². The van der Waals surface area contributed by atoms with Gasteiger partial charge >= 0.3 is 0 Å². The minimum atomic E-state index is -0.327. The van der Waals surface area contributed by atoms with Crippen LogP contribution in [0.4, 0.5) is 0 Å². The third-order valence-corrected chi connectivity index (χ3v) is 4.71. The molecule has 6 nitrogen and oxygen atoms in total. The monoisotopic (exact) mass is 468 g/mol. The Bertz CT molecular complexity index is 1040. The molecule has 154 valence electrons. The smallest absolute Gasteiger partial charge is 0.271 e. The van der Waals surface area contributed by atoms with Crippen molar-refractivity contribution in [1.29, 1.82) is 0 Å². The van der Waals surface area contributed by atoms with E-state index in [1.807, 2.05) is 36.4 Å². The average molecular weight is 469 g/mol. The molecule has 0 radical (unpaired) electrons. The molecule has 1 amide bonds. The zero-order valence-corrected chi connectivity index (χ0v) is 18.2. The van der Waals surface area contributed by atoms with Gasteiger partial charge in [0.15, 0.2) is 11.5 Å². The highest BCUT2D eigenvalue weighted by Gasteiger charge is 2.08. The standard InChI is InChI=1S/C23H21BrN2O4/c1-28-21-8-4-6-18(22(21)29-2)14-25-26-23(27)17-9-11-20(12-10-17)30-15-16-5-3-7-19(24)13-16/h3-14H,15H2,1-2H3,(H,26,27)/b25-14-. The van der Waals surface area contributed by atoms with E-state index >= 15 is 0 Å². The minimum absolute atomic E-state index is 0.327. The molecule has 0 unspecified atom stereocenters. The average Bonchev–Trinajstić information content (AvgIpc) is 2.77. The molecule has 0 aromatic heterocycles. The summed E-state index contributed by atoms with van der Waals surface area (Å²) >= 11 is 3.44. The van der Waals surface area contributed by atoms with Crippen LogP contribution in [0.2, 0.25) is 0 Å². The number of hydrogen-bond acceptors (Lipinski definition) is 5. The van der Waals surface area contributed by atoms with Crippen LogP contribution in [0.25, 0.3) is 0 Å². The Morgan fingerprint density at radius 3 is 2.50 bits per heavy atom. The number of para-hydroxylation sites is 1. The summed E-state index contributed by atoms with van der Waals surface area (Å²) in [6, 6.07) is 20.2. The first kappa shape index (κ1) is 21.4. The molecule has 0 spiro atoms. The first-order valence-electron chi connectivity index (χ1n) is 9.12. The topological polar surface area (TPSA) is 69.2 Å². The zero-order valence-electron chi connectivity index (χ0n) is 16.6. The molecule has 0 saturated heterocycles. The maximum absolute atomic E-state index is 12.3. The van der Waals surface area contributed by atoms with Crippen molar-refractivity contribution in [2.75, 3.05) is 14.2 Å². The summed E-state index contributed by atoms with van der Waals surface area (Å²) in [7, 11) is 3.11. The molecule has 30 heavy (non-hydrogen) atoms. The molecule has 0 aliphatic rings. The molecular weight excluding hydrogens is 448 g/mol. The van der Waals surface area contributed by atoms with Crippen LogP contribution in [0.5, 0.6) is 17.2 Å². The summed E-state index contributed by atoms with van der Waals surface area (Å²) in [6.45, 7) is 0.442. The molecular formula is C23H21BrN2O4. The number of halogens is 1. The Kier molecular flexibility index (Phi) is 7.45. The Labute approximate surface area is 183 Å². The normalized spacial score (nSPS) is 10.6. The van der Waals surface area contributed by atoms with E-state index in [-0.39, 0.29) is 5.91 Å². The second-order valence-corrected chi connectivity index (χ2v) is 7.14. The van der Waals surface area contributed by atoms with Gasteiger partial charge in [0.25, 0.3) is 5.91 Å². The predicted molar refractivity (Wildman–Crippen MR) is 120 cm³/mol. The quantitative estimate of drug-likeness (QED) is 0.380. The van der Waals surface area contributed by atoms with Crippen molar-refractivity contribution in [2.24, 2.45) is 5.10 Å². The van der Waals surface area contributed by atoms with Crippen LogP contribution in [0.1, 0.15) is 21.5 Å². The van der Waals surface area contributed by atoms with Crippen molar-refractivity contribution in [1.82, 2.24) is 5.43 Å². The van der Waals surface area contributed by atoms with Crippen molar-refractivity contribution in [2.45, 2.75) is 6.61 Å². The lowest BCUT2D eigenvalue weighted by Crippen LogP contribution is -2.17. The van der Waals surface area contributed by atoms with Crippen molar-refractivity contribution in [3.05, 3.63) is 87.9 Å². The van der Waals surface area contributed by atoms with E-state index in [2.05, 4.69) is 26.5 Å². The summed E-state index contributed by atoms with van der Waals surface area (Å²) in [5.74, 6) is 1.49. The summed E-state index contributed by atoms with van der Waals surface area (Å²) < 4.78 is 17.4. The third-order valence-electron chi connectivity index (χ3n) is 4.21. The number of nitrogens with zero attached hydrogens (tertiary/aromatic N) is 1. The van der Waals surface area contributed by atoms with Crippen LogP contribution in [-0.2, 0) is 6.61 Å². The second-order valence-electron chi connectivity index (χ2n) is 6.22. The van der Waals surface area contributed by atoms with E-state index in [0.29, 0.717) is 35.0 Å². The van der Waals surface area contributed by atoms with Crippen LogP contribution >= 0.6 is 15.9 Å². The highest BCUT2D eigenvalue weighted by molar-refractivity contribution is 9.10. The van der Waals surface area contributed by atoms with Crippen molar-refractivity contribution in [3.63, 3.8) is 0 Å². The molecule has 0 fully saturated rings. The molecule has 1 N–H and O–H groups in total. The van der Waals surface area contributed by atoms with Gasteiger partial charge in [-0.25, -0.2) is 5.43 Å². The molecule has 0 aliphatic heterocycles. The molecule has 0 heterocycles. The Balaban J connectivity index is 1.58. The summed E-state index contributed by atoms with van der Waals surface area (Å²) in [6.07, 6.45) is 1.51. The van der Waals surface area contributed by atoms with Gasteiger partial charge in [-0.05, 0) is 54.1 Å². The Morgan fingerprint density at radius 2 is 1.80 bits per heavy atom. The molecule has 3 rings (SSSR count). The lowest BCUT2D eigenvalue weighted by atomic mass is 10.2. The molecule has 0 bridgehead atoms. The first-order chi connectivity index (χ1) is 14.6. The van der Waals surface area contributed by atoms with Crippen LogP contribution in [-0.4, -0.2) is 26.3 Å². The number of ether oxygens (including phenoxy) is 3. The van der Waals surface area contributed by atoms with E-state index < -0.39 is 0 Å². The van der Waals surface area contributed by atoms with Gasteiger partial charge < -0.3 is 14.2 Å². The van der Waals surface area contributed by atoms with Gasteiger partial charge in [0, 0.05) is 15.6 Å². The summed E-state index contributed by atoms with van der Waals surface area (Å²) in [4.78, 5) is 12.3. The lowest BCUT2D eigenvalue weighted by Gasteiger charge is -2.09. The molecule has 3 aromatic rings. The second kappa shape index (κ2) is 10.5. The van der Waals surface area contributed by atoms with Crippen LogP contribution in [0.3, 0.4) is 0 Å². The molecule has 7 heteroatoms. The number of hydrogen-bond donors (Lipinski definition) is 1. The van der Waals surface area contributed by atoms with E-state index in [1.165, 1.54) is 6.21 Å². The van der Waals surface area contributed by atoms with Crippen molar-refractivity contribution in [3.8, 4) is 17.2 Å². The number of nitrogens with one attached hydrogen (secondary N) is 1. The number of amides is 1. The van der Waals surface area contributed by atoms with Gasteiger partial charge in [0.2, 0.25) is 0 Å². The van der Waals surface area contributed by atoms with Gasteiger partial charge in [0.05, 0.1) is 20.4 Å². The number of carbonyl (C=O) groups is 1. The van der Waals surface area contributed by atoms with Crippen LogP contribution in [0, 0.1) is 0 Å².